The van der Waals surface area contributed by atoms with Gasteiger partial charge in [0.2, 0.25) is 0 Å². The van der Waals surface area contributed by atoms with Crippen LogP contribution in [0.4, 0.5) is 5.69 Å². The zero-order chi connectivity index (χ0) is 19.1. The summed E-state index contributed by atoms with van der Waals surface area (Å²) in [5, 5.41) is 6.61. The molecule has 0 amide bonds. The van der Waals surface area contributed by atoms with E-state index < -0.39 is 0 Å². The standard InChI is InChI=1S/C20H29N5OS.HI/c1-4-21-20(24(3)14-18-15-27-16(2)23-18)22-13-17-7-5-6-8-19(17)25-9-11-26-12-10-25;/h5-8,15H,4,9-14H2,1-3H3,(H,21,22);1H. The Morgan fingerprint density at radius 2 is 2.07 bits per heavy atom. The van der Waals surface area contributed by atoms with E-state index in [2.05, 4.69) is 63.7 Å². The summed E-state index contributed by atoms with van der Waals surface area (Å²) in [7, 11) is 2.06. The molecule has 0 saturated carbocycles. The van der Waals surface area contributed by atoms with Crippen LogP contribution in [0.3, 0.4) is 0 Å². The number of hydrogen-bond donors (Lipinski definition) is 1. The van der Waals surface area contributed by atoms with E-state index in [0.29, 0.717) is 6.54 Å². The van der Waals surface area contributed by atoms with Gasteiger partial charge in [0, 0.05) is 37.7 Å². The van der Waals surface area contributed by atoms with Gasteiger partial charge in [-0.05, 0) is 25.5 Å². The Hall–Kier alpha value is -1.39. The minimum Gasteiger partial charge on any atom is -0.378 e. The molecule has 154 valence electrons. The van der Waals surface area contributed by atoms with E-state index in [0.717, 1.165) is 56.1 Å². The number of guanidine groups is 1. The molecular formula is C20H30IN5OS. The molecule has 2 heterocycles. The van der Waals surface area contributed by atoms with Crippen LogP contribution in [-0.2, 0) is 17.8 Å². The summed E-state index contributed by atoms with van der Waals surface area (Å²) in [5.74, 6) is 0.903. The summed E-state index contributed by atoms with van der Waals surface area (Å²) >= 11 is 1.69. The number of anilines is 1. The van der Waals surface area contributed by atoms with Crippen LogP contribution >= 0.6 is 35.3 Å². The van der Waals surface area contributed by atoms with Crippen molar-refractivity contribution in [2.24, 2.45) is 4.99 Å². The van der Waals surface area contributed by atoms with Crippen molar-refractivity contribution in [1.82, 2.24) is 15.2 Å². The van der Waals surface area contributed by atoms with Crippen molar-refractivity contribution in [2.45, 2.75) is 26.9 Å². The molecule has 1 N–H and O–H groups in total. The van der Waals surface area contributed by atoms with Gasteiger partial charge >= 0.3 is 0 Å². The van der Waals surface area contributed by atoms with Gasteiger partial charge in [-0.1, -0.05) is 18.2 Å². The van der Waals surface area contributed by atoms with E-state index in [-0.39, 0.29) is 24.0 Å². The van der Waals surface area contributed by atoms with E-state index in [1.807, 2.05) is 6.92 Å². The molecule has 1 fully saturated rings. The van der Waals surface area contributed by atoms with Crippen LogP contribution in [0.1, 0.15) is 23.2 Å². The molecule has 2 aromatic rings. The average Bonchev–Trinajstić information content (AvgIpc) is 3.10. The van der Waals surface area contributed by atoms with Crippen LogP contribution in [0.15, 0.2) is 34.6 Å². The van der Waals surface area contributed by atoms with Gasteiger partial charge in [-0.15, -0.1) is 35.3 Å². The van der Waals surface area contributed by atoms with Gasteiger partial charge in [-0.25, -0.2) is 9.98 Å². The monoisotopic (exact) mass is 515 g/mol. The van der Waals surface area contributed by atoms with Gasteiger partial charge in [0.15, 0.2) is 5.96 Å². The van der Waals surface area contributed by atoms with Crippen molar-refractivity contribution in [3.8, 4) is 0 Å². The quantitative estimate of drug-likeness (QED) is 0.363. The van der Waals surface area contributed by atoms with Crippen LogP contribution in [0.2, 0.25) is 0 Å². The number of ether oxygens (including phenoxy) is 1. The number of nitrogens with one attached hydrogen (secondary N) is 1. The van der Waals surface area contributed by atoms with Crippen LogP contribution < -0.4 is 10.2 Å². The average molecular weight is 515 g/mol. The summed E-state index contributed by atoms with van der Waals surface area (Å²) in [6, 6.07) is 8.54. The number of aryl methyl sites for hydroxylation is 1. The second-order valence-electron chi connectivity index (χ2n) is 6.61. The topological polar surface area (TPSA) is 53.0 Å². The van der Waals surface area contributed by atoms with E-state index in [1.165, 1.54) is 11.3 Å². The summed E-state index contributed by atoms with van der Waals surface area (Å²) in [4.78, 5) is 14.0. The van der Waals surface area contributed by atoms with Crippen LogP contribution in [0.25, 0.3) is 0 Å². The lowest BCUT2D eigenvalue weighted by Crippen LogP contribution is -2.38. The van der Waals surface area contributed by atoms with E-state index in [1.54, 1.807) is 11.3 Å². The molecule has 28 heavy (non-hydrogen) atoms. The molecule has 1 aliphatic heterocycles. The normalized spacial score (nSPS) is 14.5. The minimum atomic E-state index is 0. The predicted octanol–water partition coefficient (Wildman–Crippen LogP) is 3.50. The fourth-order valence-corrected chi connectivity index (χ4v) is 3.79. The number of hydrogen-bond acceptors (Lipinski definition) is 5. The molecule has 0 bridgehead atoms. The lowest BCUT2D eigenvalue weighted by atomic mass is 10.1. The molecule has 0 aliphatic carbocycles. The van der Waals surface area contributed by atoms with Gasteiger partial charge in [0.05, 0.1) is 37.0 Å². The molecule has 0 spiro atoms. The van der Waals surface area contributed by atoms with Gasteiger partial charge in [-0.2, -0.15) is 0 Å². The highest BCUT2D eigenvalue weighted by atomic mass is 127. The SMILES string of the molecule is CCNC(=NCc1ccccc1N1CCOCC1)N(C)Cc1csc(C)n1.I. The van der Waals surface area contributed by atoms with Gasteiger partial charge < -0.3 is 19.9 Å². The number of rotatable bonds is 6. The Labute approximate surface area is 189 Å². The zero-order valence-electron chi connectivity index (χ0n) is 16.9. The molecule has 8 heteroatoms. The molecule has 6 nitrogen and oxygen atoms in total. The second kappa shape index (κ2) is 11.6. The highest BCUT2D eigenvalue weighted by Gasteiger charge is 2.15. The number of halogens is 1. The summed E-state index contributed by atoms with van der Waals surface area (Å²) in [5.41, 5.74) is 3.59. The Balaban J connectivity index is 0.00000280. The maximum atomic E-state index is 5.49. The zero-order valence-corrected chi connectivity index (χ0v) is 20.0. The van der Waals surface area contributed by atoms with Crippen molar-refractivity contribution in [1.29, 1.82) is 0 Å². The highest BCUT2D eigenvalue weighted by molar-refractivity contribution is 14.0. The molecular weight excluding hydrogens is 485 g/mol. The Bertz CT molecular complexity index is 761. The smallest absolute Gasteiger partial charge is 0.194 e. The fraction of sp³-hybridized carbons (Fsp3) is 0.500. The third-order valence-electron chi connectivity index (χ3n) is 4.50. The predicted molar refractivity (Wildman–Crippen MR) is 128 cm³/mol. The number of aromatic nitrogens is 1. The number of nitrogens with zero attached hydrogens (tertiary/aromatic N) is 4. The molecule has 0 atom stereocenters. The van der Waals surface area contributed by atoms with Gasteiger partial charge in [-0.3, -0.25) is 0 Å². The maximum absolute atomic E-state index is 5.49. The second-order valence-corrected chi connectivity index (χ2v) is 7.67. The van der Waals surface area contributed by atoms with E-state index in [9.17, 15) is 0 Å². The number of morpholine rings is 1. The van der Waals surface area contributed by atoms with Crippen molar-refractivity contribution >= 4 is 47.0 Å². The number of benzene rings is 1. The third-order valence-corrected chi connectivity index (χ3v) is 5.33. The summed E-state index contributed by atoms with van der Waals surface area (Å²) in [6.07, 6.45) is 0. The van der Waals surface area contributed by atoms with Crippen molar-refractivity contribution in [2.75, 3.05) is 44.8 Å². The fourth-order valence-electron chi connectivity index (χ4n) is 3.19. The lowest BCUT2D eigenvalue weighted by Gasteiger charge is -2.30. The molecule has 3 rings (SSSR count). The third kappa shape index (κ3) is 6.31. The van der Waals surface area contributed by atoms with E-state index >= 15 is 0 Å². The van der Waals surface area contributed by atoms with E-state index in [4.69, 9.17) is 9.73 Å². The Kier molecular flexibility index (Phi) is 9.46. The maximum Gasteiger partial charge on any atom is 0.194 e. The number of aliphatic imine (C=N–C) groups is 1. The number of thiazole rings is 1. The molecule has 1 aromatic carbocycles. The largest absolute Gasteiger partial charge is 0.378 e. The molecule has 0 radical (unpaired) electrons. The van der Waals surface area contributed by atoms with Gasteiger partial charge in [0.1, 0.15) is 0 Å². The molecule has 0 unspecified atom stereocenters. The first kappa shape index (κ1) is 22.9. The molecule has 1 aliphatic rings. The summed E-state index contributed by atoms with van der Waals surface area (Å²) in [6.45, 7) is 9.82. The van der Waals surface area contributed by atoms with Crippen LogP contribution in [-0.4, -0.2) is 55.7 Å². The summed E-state index contributed by atoms with van der Waals surface area (Å²) < 4.78 is 5.49. The lowest BCUT2D eigenvalue weighted by molar-refractivity contribution is 0.122. The first-order valence-corrected chi connectivity index (χ1v) is 10.4. The van der Waals surface area contributed by atoms with Crippen LogP contribution in [0, 0.1) is 6.92 Å². The Morgan fingerprint density at radius 3 is 2.75 bits per heavy atom. The van der Waals surface area contributed by atoms with Crippen molar-refractivity contribution in [3.63, 3.8) is 0 Å². The first-order valence-electron chi connectivity index (χ1n) is 9.48. The first-order chi connectivity index (χ1) is 13.2. The molecule has 1 saturated heterocycles. The molecule has 1 aromatic heterocycles. The minimum absolute atomic E-state index is 0. The Morgan fingerprint density at radius 1 is 1.32 bits per heavy atom. The van der Waals surface area contributed by atoms with Gasteiger partial charge in [0.25, 0.3) is 0 Å². The van der Waals surface area contributed by atoms with Crippen molar-refractivity contribution in [3.05, 3.63) is 45.9 Å². The highest BCUT2D eigenvalue weighted by Crippen LogP contribution is 2.22. The van der Waals surface area contributed by atoms with Crippen molar-refractivity contribution < 1.29 is 4.74 Å². The van der Waals surface area contributed by atoms with Crippen LogP contribution in [0.5, 0.6) is 0 Å². The number of para-hydroxylation sites is 1.